The molecule has 1 fully saturated rings. The van der Waals surface area contributed by atoms with Gasteiger partial charge in [0.25, 0.3) is 0 Å². The quantitative estimate of drug-likeness (QED) is 0.225. The maximum absolute atomic E-state index is 13.8. The molecule has 2 heterocycles. The number of carbonyl (C=O) groups excluding carboxylic acids is 3. The largest absolute Gasteiger partial charge is 0.373 e. The number of nitrogens with zero attached hydrogens (tertiary/aromatic N) is 6. The Morgan fingerprint density at radius 1 is 0.689 bits per heavy atom. The van der Waals surface area contributed by atoms with Crippen molar-refractivity contribution in [2.45, 2.75) is 139 Å². The average molecular weight is 627 g/mol. The number of hydrogen-bond acceptors (Lipinski definition) is 9. The van der Waals surface area contributed by atoms with Crippen LogP contribution in [0, 0.1) is 23.7 Å². The molecule has 11 heteroatoms. The van der Waals surface area contributed by atoms with Crippen LogP contribution in [0.15, 0.2) is 6.58 Å². The SMILES string of the molecule is C=C(c1nnn(C2CC(OC(C)C)C(n3nnc(C(=O)C(C)C)c3C(=O)C(C)C)CC2OC(C)(C)C)c1C(=O)C(C)C)C(C)C. The maximum atomic E-state index is 13.8. The van der Waals surface area contributed by atoms with E-state index in [0.717, 1.165) is 5.57 Å². The van der Waals surface area contributed by atoms with Crippen molar-refractivity contribution in [2.24, 2.45) is 23.7 Å². The molecule has 1 saturated carbocycles. The van der Waals surface area contributed by atoms with Crippen LogP contribution in [0.4, 0.5) is 0 Å². The molecule has 250 valence electrons. The second-order valence-electron chi connectivity index (χ2n) is 14.8. The van der Waals surface area contributed by atoms with E-state index in [1.807, 2.05) is 62.3 Å². The molecule has 0 radical (unpaired) electrons. The lowest BCUT2D eigenvalue weighted by Gasteiger charge is -2.44. The number of rotatable bonds is 13. The Morgan fingerprint density at radius 2 is 1.11 bits per heavy atom. The Kier molecular flexibility index (Phi) is 11.5. The third kappa shape index (κ3) is 8.03. The third-order valence-electron chi connectivity index (χ3n) is 8.05. The van der Waals surface area contributed by atoms with Gasteiger partial charge in [0.2, 0.25) is 0 Å². The minimum atomic E-state index is -0.552. The molecule has 0 bridgehead atoms. The summed E-state index contributed by atoms with van der Waals surface area (Å²) in [7, 11) is 0. The zero-order chi connectivity index (χ0) is 34.1. The molecule has 1 aliphatic rings. The fourth-order valence-corrected chi connectivity index (χ4v) is 5.67. The number of carbonyl (C=O) groups is 3. The average Bonchev–Trinajstić information content (AvgIpc) is 3.55. The lowest BCUT2D eigenvalue weighted by molar-refractivity contribution is -0.142. The van der Waals surface area contributed by atoms with Crippen molar-refractivity contribution in [3.05, 3.63) is 29.4 Å². The van der Waals surface area contributed by atoms with E-state index < -0.39 is 29.9 Å². The van der Waals surface area contributed by atoms with Crippen LogP contribution in [0.5, 0.6) is 0 Å². The van der Waals surface area contributed by atoms with Gasteiger partial charge in [-0.2, -0.15) is 0 Å². The first-order valence-corrected chi connectivity index (χ1v) is 16.3. The number of ether oxygens (including phenoxy) is 2. The van der Waals surface area contributed by atoms with Crippen LogP contribution in [0.25, 0.3) is 5.57 Å². The first kappa shape index (κ1) is 36.4. The van der Waals surface area contributed by atoms with Gasteiger partial charge in [-0.1, -0.05) is 72.4 Å². The van der Waals surface area contributed by atoms with E-state index in [0.29, 0.717) is 24.2 Å². The maximum Gasteiger partial charge on any atom is 0.188 e. The molecule has 0 aliphatic heterocycles. The highest BCUT2D eigenvalue weighted by Crippen LogP contribution is 2.43. The summed E-state index contributed by atoms with van der Waals surface area (Å²) in [5.41, 5.74) is 1.39. The molecule has 3 rings (SSSR count). The van der Waals surface area contributed by atoms with Gasteiger partial charge in [-0.15, -0.1) is 10.2 Å². The number of aromatic nitrogens is 6. The van der Waals surface area contributed by atoms with E-state index in [4.69, 9.17) is 9.47 Å². The van der Waals surface area contributed by atoms with Crippen molar-refractivity contribution in [3.63, 3.8) is 0 Å². The summed E-state index contributed by atoms with van der Waals surface area (Å²) in [5.74, 6) is -1.48. The van der Waals surface area contributed by atoms with Crippen LogP contribution < -0.4 is 0 Å². The molecule has 45 heavy (non-hydrogen) atoms. The molecule has 2 aromatic heterocycles. The fraction of sp³-hybridized carbons (Fsp3) is 0.735. The molecular formula is C34H54N6O5. The molecular weight excluding hydrogens is 572 g/mol. The van der Waals surface area contributed by atoms with Gasteiger partial charge in [-0.3, -0.25) is 14.4 Å². The van der Waals surface area contributed by atoms with Gasteiger partial charge in [0.15, 0.2) is 23.0 Å². The Labute approximate surface area is 268 Å². The summed E-state index contributed by atoms with van der Waals surface area (Å²) < 4.78 is 16.6. The number of hydrogen-bond donors (Lipinski definition) is 0. The first-order chi connectivity index (χ1) is 20.8. The van der Waals surface area contributed by atoms with Crippen LogP contribution in [0.1, 0.15) is 152 Å². The van der Waals surface area contributed by atoms with Crippen LogP contribution >= 0.6 is 0 Å². The Morgan fingerprint density at radius 3 is 1.53 bits per heavy atom. The second-order valence-corrected chi connectivity index (χ2v) is 14.8. The van der Waals surface area contributed by atoms with Crippen LogP contribution in [0.2, 0.25) is 0 Å². The van der Waals surface area contributed by atoms with Crippen LogP contribution in [0.3, 0.4) is 0 Å². The predicted octanol–water partition coefficient (Wildman–Crippen LogP) is 6.61. The molecule has 0 aromatic carbocycles. The summed E-state index contributed by atoms with van der Waals surface area (Å²) in [6.07, 6.45) is -0.349. The highest BCUT2D eigenvalue weighted by Gasteiger charge is 2.46. The molecule has 0 N–H and O–H groups in total. The lowest BCUT2D eigenvalue weighted by Crippen LogP contribution is -2.47. The van der Waals surface area contributed by atoms with Gasteiger partial charge in [-0.05, 0) is 46.1 Å². The van der Waals surface area contributed by atoms with Gasteiger partial charge in [0, 0.05) is 30.6 Å². The summed E-state index contributed by atoms with van der Waals surface area (Å²) in [4.78, 5) is 40.6. The molecule has 1 aliphatic carbocycles. The number of Topliss-reactive ketones (excluding diaryl/α,β-unsaturated/α-hetero) is 3. The smallest absolute Gasteiger partial charge is 0.188 e. The Bertz CT molecular complexity index is 1390. The molecule has 4 unspecified atom stereocenters. The highest BCUT2D eigenvalue weighted by atomic mass is 16.5. The van der Waals surface area contributed by atoms with Crippen molar-refractivity contribution in [2.75, 3.05) is 0 Å². The zero-order valence-electron chi connectivity index (χ0n) is 29.5. The second kappa shape index (κ2) is 14.2. The standard InChI is InChI=1S/C34H54N6O5/c1-17(2)22(11)27-29(32(42)19(5)6)40(37-35-27)24-15-25(44-21(9)10)23(16-26(24)45-34(12,13)14)39-30(33(43)20(7)8)28(36-38-39)31(41)18(3)4/h17-21,23-26H,11,15-16H2,1-10,12-14H3. The van der Waals surface area contributed by atoms with Crippen molar-refractivity contribution >= 4 is 22.9 Å². The van der Waals surface area contributed by atoms with Gasteiger partial charge in [0.1, 0.15) is 17.1 Å². The zero-order valence-corrected chi connectivity index (χ0v) is 29.5. The normalized spacial score (nSPS) is 21.0. The van der Waals surface area contributed by atoms with Gasteiger partial charge in [0.05, 0.1) is 36.0 Å². The van der Waals surface area contributed by atoms with E-state index in [1.165, 1.54) is 0 Å². The fourth-order valence-electron chi connectivity index (χ4n) is 5.67. The van der Waals surface area contributed by atoms with E-state index in [1.54, 1.807) is 37.1 Å². The number of allylic oxidation sites excluding steroid dienone is 1. The Balaban J connectivity index is 2.26. The van der Waals surface area contributed by atoms with Crippen LogP contribution in [-0.4, -0.2) is 71.3 Å². The monoisotopic (exact) mass is 626 g/mol. The van der Waals surface area contributed by atoms with Gasteiger partial charge in [-0.25, -0.2) is 9.36 Å². The first-order valence-electron chi connectivity index (χ1n) is 16.3. The van der Waals surface area contributed by atoms with E-state index in [2.05, 4.69) is 27.2 Å². The predicted molar refractivity (Wildman–Crippen MR) is 173 cm³/mol. The molecule has 2 aromatic rings. The minimum absolute atomic E-state index is 0.0650. The van der Waals surface area contributed by atoms with E-state index in [-0.39, 0.29) is 58.5 Å². The topological polar surface area (TPSA) is 131 Å². The summed E-state index contributed by atoms with van der Waals surface area (Å²) in [6, 6.07) is -0.902. The molecule has 4 atom stereocenters. The van der Waals surface area contributed by atoms with E-state index in [9.17, 15) is 14.4 Å². The molecule has 0 saturated heterocycles. The third-order valence-corrected chi connectivity index (χ3v) is 8.05. The van der Waals surface area contributed by atoms with E-state index >= 15 is 0 Å². The highest BCUT2D eigenvalue weighted by molar-refractivity contribution is 6.07. The van der Waals surface area contributed by atoms with Crippen molar-refractivity contribution in [1.29, 1.82) is 0 Å². The summed E-state index contributed by atoms with van der Waals surface area (Å²) >= 11 is 0. The van der Waals surface area contributed by atoms with Crippen molar-refractivity contribution in [3.8, 4) is 0 Å². The summed E-state index contributed by atoms with van der Waals surface area (Å²) in [6.45, 7) is 29.0. The van der Waals surface area contributed by atoms with Crippen molar-refractivity contribution in [1.82, 2.24) is 30.0 Å². The molecule has 0 spiro atoms. The van der Waals surface area contributed by atoms with Gasteiger partial charge < -0.3 is 9.47 Å². The summed E-state index contributed by atoms with van der Waals surface area (Å²) in [5, 5.41) is 17.8. The minimum Gasteiger partial charge on any atom is -0.373 e. The number of ketones is 3. The molecule has 11 nitrogen and oxygen atoms in total. The lowest BCUT2D eigenvalue weighted by atomic mass is 9.84. The van der Waals surface area contributed by atoms with Crippen molar-refractivity contribution < 1.29 is 23.9 Å². The molecule has 0 amide bonds. The Hall–Kier alpha value is -3.05. The van der Waals surface area contributed by atoms with Gasteiger partial charge >= 0.3 is 0 Å². The van der Waals surface area contributed by atoms with Crippen LogP contribution in [-0.2, 0) is 9.47 Å².